The smallest absolute Gasteiger partial charge is 0.118 e. The Kier molecular flexibility index (Phi) is 5.02. The van der Waals surface area contributed by atoms with Gasteiger partial charge >= 0.3 is 0 Å². The van der Waals surface area contributed by atoms with E-state index in [0.717, 1.165) is 18.1 Å². The molecule has 1 heterocycles. The van der Waals surface area contributed by atoms with E-state index < -0.39 is 6.10 Å². The van der Waals surface area contributed by atoms with Gasteiger partial charge in [-0.05, 0) is 45.7 Å². The number of aryl methyl sites for hydroxylation is 1. The summed E-state index contributed by atoms with van der Waals surface area (Å²) in [6.07, 6.45) is 2.17. The molecular weight excluding hydrogens is 242 g/mol. The fraction of sp³-hybridized carbons (Fsp3) is 0.733. The fourth-order valence-corrected chi connectivity index (χ4v) is 2.18. The van der Waals surface area contributed by atoms with Crippen molar-refractivity contribution in [3.05, 3.63) is 23.7 Å². The first-order valence-corrected chi connectivity index (χ1v) is 7.13. The lowest BCUT2D eigenvalue weighted by Gasteiger charge is -2.24. The maximum Gasteiger partial charge on any atom is 0.118 e. The Balaban J connectivity index is 1.82. The maximum atomic E-state index is 10.0. The van der Waals surface area contributed by atoms with Gasteiger partial charge in [0.15, 0.2) is 0 Å². The normalized spacial score (nSPS) is 17.4. The molecule has 1 aromatic rings. The predicted molar refractivity (Wildman–Crippen MR) is 74.0 cm³/mol. The molecule has 1 saturated carbocycles. The summed E-state index contributed by atoms with van der Waals surface area (Å²) in [7, 11) is 0. The molecule has 0 bridgehead atoms. The van der Waals surface area contributed by atoms with Crippen molar-refractivity contribution >= 4 is 0 Å². The SMILES string of the molecule is Cc1ccc(CN(CC(O)COC(C)C)C2CC2)o1. The molecule has 0 aliphatic heterocycles. The van der Waals surface area contributed by atoms with Crippen molar-refractivity contribution in [1.29, 1.82) is 0 Å². The van der Waals surface area contributed by atoms with Crippen LogP contribution in [0.4, 0.5) is 0 Å². The van der Waals surface area contributed by atoms with Gasteiger partial charge in [-0.15, -0.1) is 0 Å². The van der Waals surface area contributed by atoms with Crippen molar-refractivity contribution in [2.75, 3.05) is 13.2 Å². The molecule has 1 aliphatic carbocycles. The van der Waals surface area contributed by atoms with Gasteiger partial charge in [0.1, 0.15) is 11.5 Å². The zero-order valence-electron chi connectivity index (χ0n) is 12.1. The lowest BCUT2D eigenvalue weighted by molar-refractivity contribution is -0.0114. The molecule has 1 N–H and O–H groups in total. The van der Waals surface area contributed by atoms with Gasteiger partial charge in [-0.3, -0.25) is 4.90 Å². The molecule has 0 spiro atoms. The van der Waals surface area contributed by atoms with Gasteiger partial charge in [-0.25, -0.2) is 0 Å². The molecule has 4 heteroatoms. The van der Waals surface area contributed by atoms with E-state index in [0.29, 0.717) is 19.2 Å². The first-order valence-electron chi connectivity index (χ1n) is 7.13. The Labute approximate surface area is 115 Å². The van der Waals surface area contributed by atoms with Gasteiger partial charge in [-0.2, -0.15) is 0 Å². The van der Waals surface area contributed by atoms with Crippen LogP contribution in [0.15, 0.2) is 16.5 Å². The molecule has 19 heavy (non-hydrogen) atoms. The average molecular weight is 267 g/mol. The summed E-state index contributed by atoms with van der Waals surface area (Å²) in [5.74, 6) is 1.91. The Bertz CT molecular complexity index is 384. The highest BCUT2D eigenvalue weighted by atomic mass is 16.5. The number of hydrogen-bond donors (Lipinski definition) is 1. The average Bonchev–Trinajstić information content (AvgIpc) is 3.11. The Morgan fingerprint density at radius 3 is 2.68 bits per heavy atom. The molecule has 4 nitrogen and oxygen atoms in total. The molecule has 1 aromatic heterocycles. The highest BCUT2D eigenvalue weighted by Crippen LogP contribution is 2.28. The van der Waals surface area contributed by atoms with Crippen LogP contribution in [0.1, 0.15) is 38.2 Å². The first kappa shape index (κ1) is 14.6. The van der Waals surface area contributed by atoms with E-state index in [1.165, 1.54) is 12.8 Å². The van der Waals surface area contributed by atoms with E-state index in [-0.39, 0.29) is 6.10 Å². The number of aliphatic hydroxyl groups is 1. The molecule has 1 aliphatic rings. The van der Waals surface area contributed by atoms with Crippen molar-refractivity contribution in [1.82, 2.24) is 4.90 Å². The number of hydrogen-bond acceptors (Lipinski definition) is 4. The van der Waals surface area contributed by atoms with E-state index in [9.17, 15) is 5.11 Å². The van der Waals surface area contributed by atoms with Gasteiger partial charge in [0.05, 0.1) is 25.4 Å². The molecule has 108 valence electrons. The second kappa shape index (κ2) is 6.55. The second-order valence-electron chi connectivity index (χ2n) is 5.71. The summed E-state index contributed by atoms with van der Waals surface area (Å²) < 4.78 is 11.1. The minimum atomic E-state index is -0.431. The minimum Gasteiger partial charge on any atom is -0.465 e. The highest BCUT2D eigenvalue weighted by molar-refractivity contribution is 5.06. The van der Waals surface area contributed by atoms with Crippen LogP contribution in [0.3, 0.4) is 0 Å². The number of furan rings is 1. The summed E-state index contributed by atoms with van der Waals surface area (Å²) in [6.45, 7) is 7.75. The fourth-order valence-electron chi connectivity index (χ4n) is 2.18. The van der Waals surface area contributed by atoms with Crippen molar-refractivity contribution in [2.45, 2.75) is 58.4 Å². The second-order valence-corrected chi connectivity index (χ2v) is 5.71. The van der Waals surface area contributed by atoms with E-state index in [1.54, 1.807) is 0 Å². The van der Waals surface area contributed by atoms with Gasteiger partial charge in [-0.1, -0.05) is 0 Å². The topological polar surface area (TPSA) is 45.8 Å². The third-order valence-electron chi connectivity index (χ3n) is 3.29. The van der Waals surface area contributed by atoms with E-state index >= 15 is 0 Å². The van der Waals surface area contributed by atoms with Crippen LogP contribution in [-0.4, -0.2) is 41.4 Å². The number of aliphatic hydroxyl groups excluding tert-OH is 1. The Hall–Kier alpha value is -0.840. The Morgan fingerprint density at radius 2 is 2.16 bits per heavy atom. The third kappa shape index (κ3) is 4.97. The molecule has 0 saturated heterocycles. The zero-order chi connectivity index (χ0) is 13.8. The van der Waals surface area contributed by atoms with E-state index in [4.69, 9.17) is 9.15 Å². The van der Waals surface area contributed by atoms with Crippen molar-refractivity contribution in [3.63, 3.8) is 0 Å². The van der Waals surface area contributed by atoms with Gasteiger partial charge in [0, 0.05) is 12.6 Å². The van der Waals surface area contributed by atoms with Crippen molar-refractivity contribution in [2.24, 2.45) is 0 Å². The third-order valence-corrected chi connectivity index (χ3v) is 3.29. The molecule has 0 radical (unpaired) electrons. The van der Waals surface area contributed by atoms with Gasteiger partial charge < -0.3 is 14.3 Å². The molecule has 2 rings (SSSR count). The molecule has 1 atom stereocenters. The first-order chi connectivity index (χ1) is 9.04. The summed E-state index contributed by atoms with van der Waals surface area (Å²) in [6, 6.07) is 4.60. The quantitative estimate of drug-likeness (QED) is 0.785. The minimum absolute atomic E-state index is 0.164. The van der Waals surface area contributed by atoms with E-state index in [2.05, 4.69) is 4.90 Å². The number of rotatable bonds is 8. The monoisotopic (exact) mass is 267 g/mol. The lowest BCUT2D eigenvalue weighted by atomic mass is 10.3. The van der Waals surface area contributed by atoms with Gasteiger partial charge in [0.2, 0.25) is 0 Å². The molecule has 1 unspecified atom stereocenters. The standard InChI is InChI=1S/C15H25NO3/c1-11(2)18-10-14(17)8-16(13-5-6-13)9-15-7-4-12(3)19-15/h4,7,11,13-14,17H,5-6,8-10H2,1-3H3. The number of ether oxygens (including phenoxy) is 1. The zero-order valence-corrected chi connectivity index (χ0v) is 12.1. The van der Waals surface area contributed by atoms with Crippen molar-refractivity contribution < 1.29 is 14.3 Å². The van der Waals surface area contributed by atoms with Crippen LogP contribution < -0.4 is 0 Å². The van der Waals surface area contributed by atoms with Crippen LogP contribution in [0.2, 0.25) is 0 Å². The highest BCUT2D eigenvalue weighted by Gasteiger charge is 2.30. The summed E-state index contributed by atoms with van der Waals surface area (Å²) in [4.78, 5) is 2.30. The molecule has 0 amide bonds. The molecule has 1 fully saturated rings. The van der Waals surface area contributed by atoms with Crippen LogP contribution in [0.5, 0.6) is 0 Å². The van der Waals surface area contributed by atoms with Gasteiger partial charge in [0.25, 0.3) is 0 Å². The summed E-state index contributed by atoms with van der Waals surface area (Å²) >= 11 is 0. The summed E-state index contributed by atoms with van der Waals surface area (Å²) in [5, 5.41) is 10.0. The number of nitrogens with zero attached hydrogens (tertiary/aromatic N) is 1. The summed E-state index contributed by atoms with van der Waals surface area (Å²) in [5.41, 5.74) is 0. The van der Waals surface area contributed by atoms with Crippen molar-refractivity contribution in [3.8, 4) is 0 Å². The predicted octanol–water partition coefficient (Wildman–Crippen LogP) is 2.34. The van der Waals surface area contributed by atoms with Crippen LogP contribution in [0.25, 0.3) is 0 Å². The van der Waals surface area contributed by atoms with Crippen LogP contribution >= 0.6 is 0 Å². The maximum absolute atomic E-state index is 10.0. The van der Waals surface area contributed by atoms with Crippen LogP contribution in [-0.2, 0) is 11.3 Å². The molecular formula is C15H25NO3. The lowest BCUT2D eigenvalue weighted by Crippen LogP contribution is -2.36. The largest absolute Gasteiger partial charge is 0.465 e. The van der Waals surface area contributed by atoms with E-state index in [1.807, 2.05) is 32.9 Å². The Morgan fingerprint density at radius 1 is 1.42 bits per heavy atom. The molecule has 0 aromatic carbocycles. The van der Waals surface area contributed by atoms with Crippen LogP contribution in [0, 0.1) is 6.92 Å².